The van der Waals surface area contributed by atoms with Crippen molar-refractivity contribution >= 4 is 27.5 Å². The first-order valence-electron chi connectivity index (χ1n) is 14.0. The molecule has 0 spiro atoms. The lowest BCUT2D eigenvalue weighted by Gasteiger charge is -2.33. The Morgan fingerprint density at radius 3 is 2.15 bits per heavy atom. The van der Waals surface area contributed by atoms with Crippen molar-refractivity contribution in [1.82, 2.24) is 10.2 Å². The van der Waals surface area contributed by atoms with E-state index in [9.17, 15) is 18.0 Å². The van der Waals surface area contributed by atoms with Crippen molar-refractivity contribution in [2.75, 3.05) is 23.9 Å². The molecule has 214 valence electrons. The van der Waals surface area contributed by atoms with E-state index in [2.05, 4.69) is 5.32 Å². The summed E-state index contributed by atoms with van der Waals surface area (Å²) in [4.78, 5) is 29.0. The van der Waals surface area contributed by atoms with Crippen LogP contribution in [0.25, 0.3) is 0 Å². The van der Waals surface area contributed by atoms with Crippen molar-refractivity contribution < 1.29 is 18.0 Å². The van der Waals surface area contributed by atoms with E-state index in [1.165, 1.54) is 16.4 Å². The van der Waals surface area contributed by atoms with Crippen molar-refractivity contribution in [3.63, 3.8) is 0 Å². The van der Waals surface area contributed by atoms with Gasteiger partial charge in [0.2, 0.25) is 11.8 Å². The minimum atomic E-state index is -4.07. The summed E-state index contributed by atoms with van der Waals surface area (Å²) in [6.45, 7) is 8.08. The zero-order valence-electron chi connectivity index (χ0n) is 24.0. The fourth-order valence-corrected chi connectivity index (χ4v) is 6.13. The molecule has 0 unspecified atom stereocenters. The highest BCUT2D eigenvalue weighted by Gasteiger charge is 2.34. The molecule has 0 fully saturated rings. The molecular weight excluding hydrogens is 522 g/mol. The Labute approximate surface area is 239 Å². The lowest BCUT2D eigenvalue weighted by molar-refractivity contribution is -0.139. The third-order valence-electron chi connectivity index (χ3n) is 7.15. The van der Waals surface area contributed by atoms with Gasteiger partial charge in [-0.15, -0.1) is 0 Å². The number of amides is 2. The second-order valence-electron chi connectivity index (χ2n) is 9.94. The molecule has 1 atom stereocenters. The van der Waals surface area contributed by atoms with Gasteiger partial charge < -0.3 is 10.2 Å². The van der Waals surface area contributed by atoms with Gasteiger partial charge in [0.1, 0.15) is 12.6 Å². The summed E-state index contributed by atoms with van der Waals surface area (Å²) in [5.74, 6) is -0.643. The molecule has 1 N–H and O–H groups in total. The van der Waals surface area contributed by atoms with Crippen LogP contribution in [0.3, 0.4) is 0 Å². The zero-order valence-corrected chi connectivity index (χ0v) is 24.8. The Hall–Kier alpha value is -3.65. The second kappa shape index (κ2) is 14.7. The molecule has 0 heterocycles. The number of nitrogens with zero attached hydrogens (tertiary/aromatic N) is 2. The van der Waals surface area contributed by atoms with Gasteiger partial charge in [0, 0.05) is 13.1 Å². The van der Waals surface area contributed by atoms with Gasteiger partial charge in [-0.1, -0.05) is 80.9 Å². The average molecular weight is 564 g/mol. The number of hydrogen-bond acceptors (Lipinski definition) is 4. The fourth-order valence-electron chi connectivity index (χ4n) is 4.64. The summed E-state index contributed by atoms with van der Waals surface area (Å²) in [6.07, 6.45) is 2.74. The third kappa shape index (κ3) is 7.72. The molecule has 8 heteroatoms. The van der Waals surface area contributed by atoms with Crippen LogP contribution in [0.1, 0.15) is 49.8 Å². The van der Waals surface area contributed by atoms with Crippen LogP contribution in [-0.4, -0.2) is 50.8 Å². The molecule has 7 nitrogen and oxygen atoms in total. The van der Waals surface area contributed by atoms with Gasteiger partial charge >= 0.3 is 0 Å². The molecule has 3 aromatic rings. The Morgan fingerprint density at radius 2 is 1.52 bits per heavy atom. The van der Waals surface area contributed by atoms with E-state index >= 15 is 0 Å². The summed E-state index contributed by atoms with van der Waals surface area (Å²) in [5, 5.41) is 2.96. The number of hydrogen-bond donors (Lipinski definition) is 1. The van der Waals surface area contributed by atoms with Crippen molar-refractivity contribution in [2.45, 2.75) is 64.3 Å². The average Bonchev–Trinajstić information content (AvgIpc) is 2.96. The van der Waals surface area contributed by atoms with Crippen LogP contribution < -0.4 is 9.62 Å². The minimum Gasteiger partial charge on any atom is -0.354 e. The summed E-state index contributed by atoms with van der Waals surface area (Å²) in [5.41, 5.74) is 3.17. The van der Waals surface area contributed by atoms with Crippen molar-refractivity contribution in [3.8, 4) is 0 Å². The Balaban J connectivity index is 2.01. The van der Waals surface area contributed by atoms with Crippen LogP contribution in [0.2, 0.25) is 0 Å². The minimum absolute atomic E-state index is 0.101. The van der Waals surface area contributed by atoms with Crippen LogP contribution in [0.15, 0.2) is 83.8 Å². The van der Waals surface area contributed by atoms with Crippen molar-refractivity contribution in [2.24, 2.45) is 0 Å². The third-order valence-corrected chi connectivity index (χ3v) is 8.93. The van der Waals surface area contributed by atoms with Crippen LogP contribution >= 0.6 is 0 Å². The summed E-state index contributed by atoms with van der Waals surface area (Å²) < 4.78 is 29.1. The number of carbonyl (C=O) groups excluding carboxylic acids is 2. The van der Waals surface area contributed by atoms with Gasteiger partial charge in [-0.05, 0) is 68.0 Å². The zero-order chi connectivity index (χ0) is 29.1. The number of nitrogens with one attached hydrogen (secondary N) is 1. The molecule has 0 saturated heterocycles. The van der Waals surface area contributed by atoms with Gasteiger partial charge in [-0.3, -0.25) is 13.9 Å². The lowest BCUT2D eigenvalue weighted by atomic mass is 10.1. The number of sulfonamides is 1. The Bertz CT molecular complexity index is 1360. The summed E-state index contributed by atoms with van der Waals surface area (Å²) in [7, 11) is -4.07. The molecule has 0 aliphatic carbocycles. The number of benzene rings is 3. The normalized spacial score (nSPS) is 12.0. The topological polar surface area (TPSA) is 86.8 Å². The van der Waals surface area contributed by atoms with Gasteiger partial charge in [-0.2, -0.15) is 0 Å². The highest BCUT2D eigenvalue weighted by atomic mass is 32.2. The van der Waals surface area contributed by atoms with E-state index in [4.69, 9.17) is 0 Å². The molecule has 0 radical (unpaired) electrons. The molecule has 2 amide bonds. The maximum atomic E-state index is 14.1. The smallest absolute Gasteiger partial charge is 0.264 e. The maximum absolute atomic E-state index is 14.1. The number of rotatable bonds is 14. The van der Waals surface area contributed by atoms with Crippen LogP contribution in [-0.2, 0) is 26.0 Å². The first kappa shape index (κ1) is 30.9. The van der Waals surface area contributed by atoms with Crippen LogP contribution in [0.4, 0.5) is 5.69 Å². The van der Waals surface area contributed by atoms with Crippen LogP contribution in [0.5, 0.6) is 0 Å². The molecule has 3 rings (SSSR count). The van der Waals surface area contributed by atoms with Gasteiger partial charge in [0.15, 0.2) is 0 Å². The monoisotopic (exact) mass is 563 g/mol. The van der Waals surface area contributed by atoms with Gasteiger partial charge in [0.05, 0.1) is 10.6 Å². The first-order chi connectivity index (χ1) is 19.2. The predicted molar refractivity (Wildman–Crippen MR) is 161 cm³/mol. The predicted octanol–water partition coefficient (Wildman–Crippen LogP) is 5.26. The van der Waals surface area contributed by atoms with E-state index in [-0.39, 0.29) is 17.3 Å². The van der Waals surface area contributed by atoms with E-state index in [0.29, 0.717) is 25.1 Å². The fraction of sp³-hybridized carbons (Fsp3) is 0.375. The van der Waals surface area contributed by atoms with Gasteiger partial charge in [-0.25, -0.2) is 8.42 Å². The molecule has 40 heavy (non-hydrogen) atoms. The summed E-state index contributed by atoms with van der Waals surface area (Å²) in [6, 6.07) is 22.6. The SMILES string of the molecule is CCCCNC(=O)[C@@H](CC)N(CCc1ccccc1)C(=O)CN(c1cccc(C)c1C)S(=O)(=O)c1ccccc1. The van der Waals surface area contributed by atoms with E-state index in [1.807, 2.05) is 64.1 Å². The Morgan fingerprint density at radius 1 is 0.875 bits per heavy atom. The van der Waals surface area contributed by atoms with Crippen molar-refractivity contribution in [3.05, 3.63) is 95.6 Å². The van der Waals surface area contributed by atoms with E-state index in [0.717, 1.165) is 29.5 Å². The number of unbranched alkanes of at least 4 members (excludes halogenated alkanes) is 1. The lowest BCUT2D eigenvalue weighted by Crippen LogP contribution is -2.53. The molecule has 0 aromatic heterocycles. The van der Waals surface area contributed by atoms with E-state index in [1.54, 1.807) is 35.2 Å². The summed E-state index contributed by atoms with van der Waals surface area (Å²) >= 11 is 0. The van der Waals surface area contributed by atoms with E-state index < -0.39 is 28.5 Å². The standard InChI is InChI=1S/C32H41N3O4S/c1-5-7-22-33-32(37)29(6-2)34(23-21-27-16-10-8-11-17-27)31(36)24-35(30-20-14-15-25(3)26(30)4)40(38,39)28-18-12-9-13-19-28/h8-20,29H,5-7,21-24H2,1-4H3,(H,33,37)/t29-/m1/s1. The first-order valence-corrected chi connectivity index (χ1v) is 15.4. The molecule has 0 aliphatic rings. The maximum Gasteiger partial charge on any atom is 0.264 e. The quantitative estimate of drug-likeness (QED) is 0.271. The number of anilines is 1. The number of carbonyl (C=O) groups is 2. The van der Waals surface area contributed by atoms with Crippen LogP contribution in [0, 0.1) is 13.8 Å². The second-order valence-corrected chi connectivity index (χ2v) is 11.8. The molecule has 0 aliphatic heterocycles. The number of aryl methyl sites for hydroxylation is 1. The van der Waals surface area contributed by atoms with Crippen molar-refractivity contribution in [1.29, 1.82) is 0 Å². The molecule has 0 saturated carbocycles. The molecule has 3 aromatic carbocycles. The molecule has 0 bridgehead atoms. The highest BCUT2D eigenvalue weighted by Crippen LogP contribution is 2.29. The molecular formula is C32H41N3O4S. The largest absolute Gasteiger partial charge is 0.354 e. The van der Waals surface area contributed by atoms with Gasteiger partial charge in [0.25, 0.3) is 10.0 Å². The Kier molecular flexibility index (Phi) is 11.3. The highest BCUT2D eigenvalue weighted by molar-refractivity contribution is 7.92.